The maximum atomic E-state index is 13.2. The van der Waals surface area contributed by atoms with Gasteiger partial charge < -0.3 is 19.7 Å². The highest BCUT2D eigenvalue weighted by atomic mass is 32.2. The summed E-state index contributed by atoms with van der Waals surface area (Å²) >= 11 is 0. The molecule has 0 aliphatic carbocycles. The van der Waals surface area contributed by atoms with Gasteiger partial charge in [0.25, 0.3) is 5.91 Å². The normalized spacial score (nSPS) is 17.8. The minimum atomic E-state index is -3.92. The summed E-state index contributed by atoms with van der Waals surface area (Å²) < 4.78 is 37.2. The fourth-order valence-electron chi connectivity index (χ4n) is 3.48. The molecule has 2 heterocycles. The molecule has 1 amide bonds. The lowest BCUT2D eigenvalue weighted by Crippen LogP contribution is -2.42. The second-order valence-corrected chi connectivity index (χ2v) is 8.55. The van der Waals surface area contributed by atoms with Crippen LogP contribution in [0.1, 0.15) is 12.5 Å². The van der Waals surface area contributed by atoms with Gasteiger partial charge in [-0.05, 0) is 37.3 Å². The first kappa shape index (κ1) is 19.5. The lowest BCUT2D eigenvalue weighted by Gasteiger charge is -2.27. The van der Waals surface area contributed by atoms with E-state index in [0.29, 0.717) is 49.9 Å². The van der Waals surface area contributed by atoms with Crippen molar-refractivity contribution in [2.75, 3.05) is 38.2 Å². The largest absolute Gasteiger partial charge is 0.494 e. The number of rotatable bonds is 5. The Balaban J connectivity index is 1.76. The van der Waals surface area contributed by atoms with Crippen LogP contribution in [0.15, 0.2) is 58.3 Å². The van der Waals surface area contributed by atoms with Crippen LogP contribution < -0.4 is 10.1 Å². The highest BCUT2D eigenvalue weighted by Crippen LogP contribution is 2.40. The van der Waals surface area contributed by atoms with Crippen molar-refractivity contribution in [1.82, 2.24) is 4.90 Å². The molecule has 0 saturated carbocycles. The summed E-state index contributed by atoms with van der Waals surface area (Å²) in [5.74, 6) is 0.217. The molecule has 2 aliphatic rings. The lowest BCUT2D eigenvalue weighted by molar-refractivity contribution is -0.130. The van der Waals surface area contributed by atoms with Gasteiger partial charge in [-0.1, -0.05) is 18.2 Å². The molecule has 8 heteroatoms. The predicted molar refractivity (Wildman–Crippen MR) is 109 cm³/mol. The Morgan fingerprint density at radius 2 is 1.79 bits per heavy atom. The van der Waals surface area contributed by atoms with E-state index in [2.05, 4.69) is 5.32 Å². The lowest BCUT2D eigenvalue weighted by atomic mass is 10.1. The van der Waals surface area contributed by atoms with E-state index in [1.165, 1.54) is 11.0 Å². The highest BCUT2D eigenvalue weighted by Gasteiger charge is 2.41. The van der Waals surface area contributed by atoms with Gasteiger partial charge >= 0.3 is 0 Å². The number of benzene rings is 2. The van der Waals surface area contributed by atoms with Crippen LogP contribution in [0.2, 0.25) is 0 Å². The number of amides is 1. The van der Waals surface area contributed by atoms with Crippen molar-refractivity contribution >= 4 is 27.1 Å². The molecule has 0 spiro atoms. The number of hydrogen-bond acceptors (Lipinski definition) is 6. The van der Waals surface area contributed by atoms with Crippen LogP contribution >= 0.6 is 0 Å². The van der Waals surface area contributed by atoms with Gasteiger partial charge in [0.05, 0.1) is 30.4 Å². The third-order valence-electron chi connectivity index (χ3n) is 4.87. The second kappa shape index (κ2) is 7.88. The van der Waals surface area contributed by atoms with Crippen molar-refractivity contribution in [3.8, 4) is 5.75 Å². The summed E-state index contributed by atoms with van der Waals surface area (Å²) in [6.45, 7) is 3.99. The van der Waals surface area contributed by atoms with Crippen molar-refractivity contribution in [1.29, 1.82) is 0 Å². The third-order valence-corrected chi connectivity index (χ3v) is 6.72. The average molecular weight is 414 g/mol. The first-order valence-corrected chi connectivity index (χ1v) is 11.0. The van der Waals surface area contributed by atoms with E-state index >= 15 is 0 Å². The van der Waals surface area contributed by atoms with Gasteiger partial charge in [0, 0.05) is 24.3 Å². The van der Waals surface area contributed by atoms with E-state index in [9.17, 15) is 13.2 Å². The van der Waals surface area contributed by atoms with Gasteiger partial charge in [-0.3, -0.25) is 4.79 Å². The number of sulfone groups is 1. The quantitative estimate of drug-likeness (QED) is 0.809. The van der Waals surface area contributed by atoms with Crippen LogP contribution in [-0.4, -0.2) is 52.1 Å². The molecule has 29 heavy (non-hydrogen) atoms. The Labute approximate surface area is 169 Å². The molecule has 152 valence electrons. The summed E-state index contributed by atoms with van der Waals surface area (Å²) in [6, 6.07) is 13.8. The summed E-state index contributed by atoms with van der Waals surface area (Å²) in [5.41, 5.74) is 1.47. The first-order valence-electron chi connectivity index (χ1n) is 9.48. The van der Waals surface area contributed by atoms with E-state index in [4.69, 9.17) is 9.47 Å². The zero-order valence-electron chi connectivity index (χ0n) is 16.1. The maximum absolute atomic E-state index is 13.2. The van der Waals surface area contributed by atoms with Gasteiger partial charge in [0.1, 0.15) is 5.75 Å². The Morgan fingerprint density at radius 1 is 1.10 bits per heavy atom. The molecule has 4 rings (SSSR count). The van der Waals surface area contributed by atoms with Crippen LogP contribution in [0.4, 0.5) is 5.69 Å². The third kappa shape index (κ3) is 3.61. The van der Waals surface area contributed by atoms with Crippen LogP contribution in [0.3, 0.4) is 0 Å². The van der Waals surface area contributed by atoms with Crippen LogP contribution in [0.5, 0.6) is 5.75 Å². The maximum Gasteiger partial charge on any atom is 0.268 e. The molecule has 2 aliphatic heterocycles. The molecular weight excluding hydrogens is 392 g/mol. The molecule has 1 N–H and O–H groups in total. The van der Waals surface area contributed by atoms with Crippen molar-refractivity contribution in [3.63, 3.8) is 0 Å². The van der Waals surface area contributed by atoms with E-state index < -0.39 is 15.7 Å². The van der Waals surface area contributed by atoms with Gasteiger partial charge in [-0.15, -0.1) is 0 Å². The SMILES string of the molecule is CCOc1ccc(NC2=C(C(=O)N3CCOCC3)S(=O)(=O)c3ccccc32)cc1. The second-order valence-electron chi connectivity index (χ2n) is 6.69. The summed E-state index contributed by atoms with van der Waals surface area (Å²) in [6.07, 6.45) is 0. The molecule has 7 nitrogen and oxygen atoms in total. The standard InChI is InChI=1S/C21H22N2O5S/c1-2-28-16-9-7-15(8-10-16)22-19-17-5-3-4-6-18(17)29(25,26)20(19)21(24)23-11-13-27-14-12-23/h3-10,22H,2,11-14H2,1H3. The molecule has 0 aromatic heterocycles. The van der Waals surface area contributed by atoms with E-state index in [-0.39, 0.29) is 9.80 Å². The van der Waals surface area contributed by atoms with Gasteiger partial charge in [-0.25, -0.2) is 8.42 Å². The molecule has 0 unspecified atom stereocenters. The fourth-order valence-corrected chi connectivity index (χ4v) is 5.20. The Kier molecular flexibility index (Phi) is 5.29. The Morgan fingerprint density at radius 3 is 2.48 bits per heavy atom. The Hall–Kier alpha value is -2.84. The number of fused-ring (bicyclic) bond motifs is 1. The first-order chi connectivity index (χ1) is 14.0. The van der Waals surface area contributed by atoms with Gasteiger partial charge in [-0.2, -0.15) is 0 Å². The molecule has 2 aromatic carbocycles. The number of nitrogens with zero attached hydrogens (tertiary/aromatic N) is 1. The molecule has 0 bridgehead atoms. The molecule has 2 aromatic rings. The minimum Gasteiger partial charge on any atom is -0.494 e. The average Bonchev–Trinajstić information content (AvgIpc) is 2.97. The number of ether oxygens (including phenoxy) is 2. The molecule has 0 radical (unpaired) electrons. The number of carbonyl (C=O) groups excluding carboxylic acids is 1. The predicted octanol–water partition coefficient (Wildman–Crippen LogP) is 2.51. The topological polar surface area (TPSA) is 84.9 Å². The van der Waals surface area contributed by atoms with Gasteiger partial charge in [0.2, 0.25) is 9.84 Å². The van der Waals surface area contributed by atoms with Crippen LogP contribution in [0.25, 0.3) is 5.70 Å². The zero-order valence-corrected chi connectivity index (χ0v) is 16.9. The van der Waals surface area contributed by atoms with Crippen LogP contribution in [-0.2, 0) is 19.4 Å². The van der Waals surface area contributed by atoms with E-state index in [0.717, 1.165) is 5.75 Å². The molecular formula is C21H22N2O5S. The molecule has 1 fully saturated rings. The molecule has 0 atom stereocenters. The van der Waals surface area contributed by atoms with Crippen molar-refractivity contribution in [2.45, 2.75) is 11.8 Å². The minimum absolute atomic E-state index is 0.144. The smallest absolute Gasteiger partial charge is 0.268 e. The number of carbonyl (C=O) groups is 1. The number of hydrogen-bond donors (Lipinski definition) is 1. The summed E-state index contributed by atoms with van der Waals surface area (Å²) in [7, 11) is -3.92. The number of morpholine rings is 1. The van der Waals surface area contributed by atoms with Gasteiger partial charge in [0.15, 0.2) is 4.91 Å². The van der Waals surface area contributed by atoms with E-state index in [1.54, 1.807) is 42.5 Å². The number of anilines is 1. The highest BCUT2D eigenvalue weighted by molar-refractivity contribution is 7.97. The van der Waals surface area contributed by atoms with Crippen molar-refractivity contribution in [2.24, 2.45) is 0 Å². The Bertz CT molecular complexity index is 1050. The van der Waals surface area contributed by atoms with Crippen LogP contribution in [0, 0.1) is 0 Å². The summed E-state index contributed by atoms with van der Waals surface area (Å²) in [5, 5.41) is 3.16. The number of nitrogens with one attached hydrogen (secondary N) is 1. The zero-order chi connectivity index (χ0) is 20.4. The van der Waals surface area contributed by atoms with Crippen molar-refractivity contribution in [3.05, 3.63) is 59.0 Å². The monoisotopic (exact) mass is 414 g/mol. The molecule has 1 saturated heterocycles. The van der Waals surface area contributed by atoms with E-state index in [1.807, 2.05) is 6.92 Å². The summed E-state index contributed by atoms with van der Waals surface area (Å²) in [4.78, 5) is 14.7. The van der Waals surface area contributed by atoms with Crippen molar-refractivity contribution < 1.29 is 22.7 Å². The fraction of sp³-hybridized carbons (Fsp3) is 0.286.